The lowest BCUT2D eigenvalue weighted by Crippen LogP contribution is -2.28. The van der Waals surface area contributed by atoms with Crippen molar-refractivity contribution in [3.63, 3.8) is 0 Å². The molecule has 0 saturated carbocycles. The Labute approximate surface area is 112 Å². The Kier molecular flexibility index (Phi) is 5.46. The van der Waals surface area contributed by atoms with E-state index in [-0.39, 0.29) is 29.2 Å². The molecule has 0 aliphatic carbocycles. The van der Waals surface area contributed by atoms with E-state index in [4.69, 9.17) is 9.84 Å². The highest BCUT2D eigenvalue weighted by atomic mass is 32.2. The standard InChI is InChI=1S/C12H17NO5S/c1-3-18-8-7-13-19(16,17)11-6-4-5-10(9(11)2)12(14)15/h4-6,13H,3,7-8H2,1-2H3,(H,14,15). The molecular formula is C12H17NO5S. The van der Waals surface area contributed by atoms with E-state index in [0.717, 1.165) is 0 Å². The van der Waals surface area contributed by atoms with Gasteiger partial charge in [0.25, 0.3) is 0 Å². The summed E-state index contributed by atoms with van der Waals surface area (Å²) >= 11 is 0. The lowest BCUT2D eigenvalue weighted by molar-refractivity contribution is 0.0696. The first-order chi connectivity index (χ1) is 8.90. The van der Waals surface area contributed by atoms with Gasteiger partial charge in [-0.2, -0.15) is 0 Å². The van der Waals surface area contributed by atoms with Crippen molar-refractivity contribution in [2.75, 3.05) is 19.8 Å². The number of rotatable bonds is 7. The lowest BCUT2D eigenvalue weighted by Gasteiger charge is -2.10. The van der Waals surface area contributed by atoms with Crippen molar-refractivity contribution in [2.45, 2.75) is 18.7 Å². The Morgan fingerprint density at radius 2 is 2.11 bits per heavy atom. The minimum atomic E-state index is -3.72. The topological polar surface area (TPSA) is 92.7 Å². The van der Waals surface area contributed by atoms with Gasteiger partial charge in [-0.3, -0.25) is 0 Å². The Hall–Kier alpha value is -1.44. The van der Waals surface area contributed by atoms with Crippen molar-refractivity contribution in [3.8, 4) is 0 Å². The predicted octanol–water partition coefficient (Wildman–Crippen LogP) is 1.01. The average Bonchev–Trinajstić information content (AvgIpc) is 2.34. The van der Waals surface area contributed by atoms with E-state index in [0.29, 0.717) is 6.61 Å². The van der Waals surface area contributed by atoms with E-state index >= 15 is 0 Å². The van der Waals surface area contributed by atoms with E-state index in [9.17, 15) is 13.2 Å². The van der Waals surface area contributed by atoms with Gasteiger partial charge in [0.05, 0.1) is 17.1 Å². The Morgan fingerprint density at radius 3 is 2.68 bits per heavy atom. The molecule has 0 spiro atoms. The molecule has 0 amide bonds. The SMILES string of the molecule is CCOCCNS(=O)(=O)c1cccc(C(=O)O)c1C. The van der Waals surface area contributed by atoms with Crippen molar-refractivity contribution in [1.29, 1.82) is 0 Å². The molecule has 6 nitrogen and oxygen atoms in total. The molecule has 1 aromatic carbocycles. The van der Waals surface area contributed by atoms with Gasteiger partial charge < -0.3 is 9.84 Å². The zero-order valence-corrected chi connectivity index (χ0v) is 11.7. The van der Waals surface area contributed by atoms with Gasteiger partial charge in [0, 0.05) is 13.2 Å². The number of aromatic carboxylic acids is 1. The van der Waals surface area contributed by atoms with E-state index in [1.807, 2.05) is 6.92 Å². The van der Waals surface area contributed by atoms with E-state index in [1.54, 1.807) is 0 Å². The van der Waals surface area contributed by atoms with Crippen LogP contribution in [0.3, 0.4) is 0 Å². The van der Waals surface area contributed by atoms with Crippen LogP contribution in [0.25, 0.3) is 0 Å². The number of hydrogen-bond acceptors (Lipinski definition) is 4. The number of carboxylic acid groups (broad SMARTS) is 1. The van der Waals surface area contributed by atoms with E-state index in [2.05, 4.69) is 4.72 Å². The molecule has 0 aliphatic heterocycles. The highest BCUT2D eigenvalue weighted by molar-refractivity contribution is 7.89. The molecule has 0 bridgehead atoms. The minimum Gasteiger partial charge on any atom is -0.478 e. The van der Waals surface area contributed by atoms with E-state index in [1.165, 1.54) is 25.1 Å². The highest BCUT2D eigenvalue weighted by Gasteiger charge is 2.19. The van der Waals surface area contributed by atoms with Gasteiger partial charge in [0.2, 0.25) is 10.0 Å². The van der Waals surface area contributed by atoms with Crippen LogP contribution in [-0.4, -0.2) is 39.3 Å². The Balaban J connectivity index is 2.96. The molecule has 106 valence electrons. The second-order valence-corrected chi connectivity index (χ2v) is 5.56. The summed E-state index contributed by atoms with van der Waals surface area (Å²) in [4.78, 5) is 10.9. The normalized spacial score (nSPS) is 11.5. The van der Waals surface area contributed by atoms with Crippen LogP contribution in [0, 0.1) is 6.92 Å². The molecule has 0 aromatic heterocycles. The van der Waals surface area contributed by atoms with Gasteiger partial charge in [-0.1, -0.05) is 6.07 Å². The maximum Gasteiger partial charge on any atom is 0.335 e. The predicted molar refractivity (Wildman–Crippen MR) is 69.8 cm³/mol. The zero-order chi connectivity index (χ0) is 14.5. The molecule has 0 radical (unpaired) electrons. The number of hydrogen-bond donors (Lipinski definition) is 2. The van der Waals surface area contributed by atoms with Crippen LogP contribution in [0.2, 0.25) is 0 Å². The fraction of sp³-hybridized carbons (Fsp3) is 0.417. The molecule has 1 aromatic rings. The fourth-order valence-corrected chi connectivity index (χ4v) is 2.89. The average molecular weight is 287 g/mol. The quantitative estimate of drug-likeness (QED) is 0.730. The van der Waals surface area contributed by atoms with Crippen LogP contribution < -0.4 is 4.72 Å². The number of nitrogens with one attached hydrogen (secondary N) is 1. The van der Waals surface area contributed by atoms with Crippen LogP contribution in [0.15, 0.2) is 23.1 Å². The number of sulfonamides is 1. The third kappa shape index (κ3) is 4.02. The Morgan fingerprint density at radius 1 is 1.42 bits per heavy atom. The molecule has 0 unspecified atom stereocenters. The number of benzene rings is 1. The maximum atomic E-state index is 12.0. The number of ether oxygens (including phenoxy) is 1. The van der Waals surface area contributed by atoms with Crippen LogP contribution in [-0.2, 0) is 14.8 Å². The largest absolute Gasteiger partial charge is 0.478 e. The first kappa shape index (κ1) is 15.6. The summed E-state index contributed by atoms with van der Waals surface area (Å²) in [5, 5.41) is 8.97. The third-order valence-electron chi connectivity index (χ3n) is 2.55. The summed E-state index contributed by atoms with van der Waals surface area (Å²) in [6.45, 7) is 4.21. The lowest BCUT2D eigenvalue weighted by atomic mass is 10.1. The molecule has 0 atom stereocenters. The molecule has 0 heterocycles. The number of carbonyl (C=O) groups is 1. The summed E-state index contributed by atoms with van der Waals surface area (Å²) in [6.07, 6.45) is 0. The molecule has 1 rings (SSSR count). The summed E-state index contributed by atoms with van der Waals surface area (Å²) < 4.78 is 31.5. The first-order valence-electron chi connectivity index (χ1n) is 5.80. The molecule has 2 N–H and O–H groups in total. The van der Waals surface area contributed by atoms with Gasteiger partial charge >= 0.3 is 5.97 Å². The first-order valence-corrected chi connectivity index (χ1v) is 7.28. The van der Waals surface area contributed by atoms with Gasteiger partial charge in [-0.05, 0) is 31.5 Å². The molecule has 7 heteroatoms. The number of carboxylic acids is 1. The molecule has 0 saturated heterocycles. The maximum absolute atomic E-state index is 12.0. The van der Waals surface area contributed by atoms with Crippen molar-refractivity contribution < 1.29 is 23.1 Å². The fourth-order valence-electron chi connectivity index (χ4n) is 1.61. The van der Waals surface area contributed by atoms with Crippen molar-refractivity contribution >= 4 is 16.0 Å². The van der Waals surface area contributed by atoms with Gasteiger partial charge in [0.15, 0.2) is 0 Å². The highest BCUT2D eigenvalue weighted by Crippen LogP contribution is 2.18. The second kappa shape index (κ2) is 6.65. The summed E-state index contributed by atoms with van der Waals surface area (Å²) in [7, 11) is -3.72. The van der Waals surface area contributed by atoms with Crippen LogP contribution in [0.1, 0.15) is 22.8 Å². The van der Waals surface area contributed by atoms with Crippen LogP contribution in [0.4, 0.5) is 0 Å². The molecule has 0 aliphatic rings. The molecule has 0 fully saturated rings. The van der Waals surface area contributed by atoms with Crippen LogP contribution in [0.5, 0.6) is 0 Å². The summed E-state index contributed by atoms with van der Waals surface area (Å²) in [6, 6.07) is 4.16. The van der Waals surface area contributed by atoms with Crippen molar-refractivity contribution in [1.82, 2.24) is 4.72 Å². The van der Waals surface area contributed by atoms with Crippen molar-refractivity contribution in [3.05, 3.63) is 29.3 Å². The molecular weight excluding hydrogens is 270 g/mol. The van der Waals surface area contributed by atoms with Gasteiger partial charge in [-0.25, -0.2) is 17.9 Å². The van der Waals surface area contributed by atoms with E-state index < -0.39 is 16.0 Å². The van der Waals surface area contributed by atoms with Gasteiger partial charge in [-0.15, -0.1) is 0 Å². The molecule has 19 heavy (non-hydrogen) atoms. The minimum absolute atomic E-state index is 0.0207. The third-order valence-corrected chi connectivity index (χ3v) is 4.15. The van der Waals surface area contributed by atoms with Gasteiger partial charge in [0.1, 0.15) is 0 Å². The zero-order valence-electron chi connectivity index (χ0n) is 10.8. The smallest absolute Gasteiger partial charge is 0.335 e. The Bertz CT molecular complexity index is 553. The summed E-state index contributed by atoms with van der Waals surface area (Å²) in [5.41, 5.74) is 0.201. The monoisotopic (exact) mass is 287 g/mol. The van der Waals surface area contributed by atoms with Crippen LogP contribution >= 0.6 is 0 Å². The summed E-state index contributed by atoms with van der Waals surface area (Å²) in [5.74, 6) is -1.15. The van der Waals surface area contributed by atoms with Crippen molar-refractivity contribution in [2.24, 2.45) is 0 Å². The second-order valence-electron chi connectivity index (χ2n) is 3.83.